The van der Waals surface area contributed by atoms with Crippen LogP contribution in [0.5, 0.6) is 11.5 Å². The van der Waals surface area contributed by atoms with E-state index in [1.165, 1.54) is 6.92 Å². The van der Waals surface area contributed by atoms with Gasteiger partial charge < -0.3 is 19.5 Å². The average Bonchev–Trinajstić information content (AvgIpc) is 2.97. The van der Waals surface area contributed by atoms with Gasteiger partial charge in [-0.3, -0.25) is 9.59 Å². The number of thiophene rings is 1. The van der Waals surface area contributed by atoms with Crippen LogP contribution >= 0.6 is 11.3 Å². The minimum Gasteiger partial charge on any atom is -0.485 e. The van der Waals surface area contributed by atoms with Gasteiger partial charge in [0.1, 0.15) is 11.6 Å². The summed E-state index contributed by atoms with van der Waals surface area (Å²) in [5.74, 6) is -0.192. The molecule has 3 rings (SSSR count). The molecule has 27 heavy (non-hydrogen) atoms. The summed E-state index contributed by atoms with van der Waals surface area (Å²) in [4.78, 5) is 37.2. The van der Waals surface area contributed by atoms with Crippen LogP contribution in [0.25, 0.3) is 0 Å². The van der Waals surface area contributed by atoms with Crippen LogP contribution in [0.1, 0.15) is 39.4 Å². The smallest absolute Gasteiger partial charge is 0.341 e. The molecule has 1 aliphatic heterocycles. The van der Waals surface area contributed by atoms with Crippen LogP contribution in [-0.4, -0.2) is 37.0 Å². The summed E-state index contributed by atoms with van der Waals surface area (Å²) in [6, 6.07) is 7.06. The molecule has 1 N–H and O–H groups in total. The van der Waals surface area contributed by atoms with Gasteiger partial charge in [-0.05, 0) is 38.5 Å². The maximum atomic E-state index is 12.7. The van der Waals surface area contributed by atoms with Gasteiger partial charge in [0.05, 0.1) is 17.0 Å². The monoisotopic (exact) mass is 389 g/mol. The third-order valence-electron chi connectivity index (χ3n) is 3.98. The quantitative estimate of drug-likeness (QED) is 0.624. The van der Waals surface area contributed by atoms with Crippen LogP contribution in [0.2, 0.25) is 0 Å². The summed E-state index contributed by atoms with van der Waals surface area (Å²) in [5, 5.41) is 2.96. The predicted octanol–water partition coefficient (Wildman–Crippen LogP) is 3.21. The van der Waals surface area contributed by atoms with Crippen LogP contribution in [0.15, 0.2) is 24.3 Å². The normalized spacial score (nSPS) is 15.1. The number of benzene rings is 1. The Hall–Kier alpha value is -2.87. The van der Waals surface area contributed by atoms with Crippen molar-refractivity contribution in [1.82, 2.24) is 0 Å². The highest BCUT2D eigenvalue weighted by Crippen LogP contribution is 2.35. The predicted molar refractivity (Wildman–Crippen MR) is 100.0 cm³/mol. The van der Waals surface area contributed by atoms with Crippen molar-refractivity contribution in [2.24, 2.45) is 0 Å². The van der Waals surface area contributed by atoms with Crippen LogP contribution < -0.4 is 14.8 Å². The Balaban J connectivity index is 1.84. The molecular formula is C19H19NO6S. The molecule has 0 aliphatic carbocycles. The van der Waals surface area contributed by atoms with E-state index in [-0.39, 0.29) is 29.6 Å². The summed E-state index contributed by atoms with van der Waals surface area (Å²) in [6.07, 6.45) is -0.877. The van der Waals surface area contributed by atoms with E-state index in [1.807, 2.05) is 6.07 Å². The highest BCUT2D eigenvalue weighted by atomic mass is 32.1. The highest BCUT2D eigenvalue weighted by molar-refractivity contribution is 7.18. The van der Waals surface area contributed by atoms with Gasteiger partial charge >= 0.3 is 5.97 Å². The Labute approximate surface area is 160 Å². The Morgan fingerprint density at radius 2 is 1.96 bits per heavy atom. The zero-order valence-corrected chi connectivity index (χ0v) is 16.0. The Bertz CT molecular complexity index is 904. The second-order valence-corrected chi connectivity index (χ2v) is 6.91. The molecule has 7 nitrogen and oxygen atoms in total. The van der Waals surface area contributed by atoms with Gasteiger partial charge in [0, 0.05) is 0 Å². The zero-order valence-electron chi connectivity index (χ0n) is 15.2. The lowest BCUT2D eigenvalue weighted by atomic mass is 10.1. The molecule has 0 saturated carbocycles. The van der Waals surface area contributed by atoms with Crippen molar-refractivity contribution in [1.29, 1.82) is 0 Å². The lowest BCUT2D eigenvalue weighted by Crippen LogP contribution is -2.40. The molecular weight excluding hydrogens is 370 g/mol. The Morgan fingerprint density at radius 3 is 2.63 bits per heavy atom. The molecule has 0 unspecified atom stereocenters. The third-order valence-corrected chi connectivity index (χ3v) is 5.29. The number of carbonyl (C=O) groups excluding carboxylic acids is 3. The largest absolute Gasteiger partial charge is 0.485 e. The van der Waals surface area contributed by atoms with E-state index in [4.69, 9.17) is 14.2 Å². The number of rotatable bonds is 5. The lowest BCUT2D eigenvalue weighted by molar-refractivity contribution is -0.125. The first-order chi connectivity index (χ1) is 12.9. The minimum atomic E-state index is -0.877. The number of amides is 1. The van der Waals surface area contributed by atoms with E-state index < -0.39 is 18.0 Å². The summed E-state index contributed by atoms with van der Waals surface area (Å²) >= 11 is 1.05. The molecule has 2 heterocycles. The number of anilines is 1. The van der Waals surface area contributed by atoms with Gasteiger partial charge in [0.15, 0.2) is 17.3 Å². The van der Waals surface area contributed by atoms with Crippen molar-refractivity contribution in [3.8, 4) is 11.5 Å². The Kier molecular flexibility index (Phi) is 5.46. The van der Waals surface area contributed by atoms with Crippen molar-refractivity contribution in [2.45, 2.75) is 26.9 Å². The third kappa shape index (κ3) is 3.80. The highest BCUT2D eigenvalue weighted by Gasteiger charge is 2.31. The topological polar surface area (TPSA) is 90.9 Å². The van der Waals surface area contributed by atoms with E-state index in [9.17, 15) is 14.4 Å². The van der Waals surface area contributed by atoms with E-state index in [1.54, 1.807) is 32.0 Å². The second kappa shape index (κ2) is 7.79. The number of para-hydroxylation sites is 2. The number of hydrogen-bond donors (Lipinski definition) is 1. The maximum Gasteiger partial charge on any atom is 0.341 e. The van der Waals surface area contributed by atoms with Crippen molar-refractivity contribution < 1.29 is 28.6 Å². The molecule has 1 amide bonds. The molecule has 142 valence electrons. The van der Waals surface area contributed by atoms with E-state index in [0.717, 1.165) is 11.3 Å². The second-order valence-electron chi connectivity index (χ2n) is 5.89. The number of nitrogens with one attached hydrogen (secondary N) is 1. The van der Waals surface area contributed by atoms with Crippen molar-refractivity contribution in [3.63, 3.8) is 0 Å². The first-order valence-electron chi connectivity index (χ1n) is 8.43. The summed E-state index contributed by atoms with van der Waals surface area (Å²) in [6.45, 7) is 4.99. The van der Waals surface area contributed by atoms with E-state index in [2.05, 4.69) is 5.32 Å². The van der Waals surface area contributed by atoms with Gasteiger partial charge in [0.2, 0.25) is 6.10 Å². The first-order valence-corrected chi connectivity index (χ1v) is 9.24. The summed E-state index contributed by atoms with van der Waals surface area (Å²) in [5.41, 5.74) is 0.685. The fraction of sp³-hybridized carbons (Fsp3) is 0.316. The fourth-order valence-electron chi connectivity index (χ4n) is 2.73. The molecule has 0 bridgehead atoms. The van der Waals surface area contributed by atoms with Crippen LogP contribution in [0.4, 0.5) is 5.00 Å². The fourth-order valence-corrected chi connectivity index (χ4v) is 3.82. The molecule has 0 radical (unpaired) electrons. The standard InChI is InChI=1S/C19H19NO6S/c1-4-24-19(23)15-10(2)16(11(3)21)27-18(15)20-17(22)14-9-25-12-7-5-6-8-13(12)26-14/h5-8,14H,4,9H2,1-3H3,(H,20,22)/t14-/m1/s1. The number of Topliss-reactive ketones (excluding diaryl/α,β-unsaturated/α-hetero) is 1. The molecule has 2 aromatic rings. The number of ketones is 1. The lowest BCUT2D eigenvalue weighted by Gasteiger charge is -2.25. The van der Waals surface area contributed by atoms with Crippen LogP contribution in [0, 0.1) is 6.92 Å². The number of carbonyl (C=O) groups is 3. The molecule has 0 fully saturated rings. The average molecular weight is 389 g/mol. The Morgan fingerprint density at radius 1 is 1.26 bits per heavy atom. The van der Waals surface area contributed by atoms with Crippen LogP contribution in [-0.2, 0) is 9.53 Å². The van der Waals surface area contributed by atoms with Crippen molar-refractivity contribution in [3.05, 3.63) is 40.3 Å². The van der Waals surface area contributed by atoms with Gasteiger partial charge in [-0.1, -0.05) is 12.1 Å². The van der Waals surface area contributed by atoms with Gasteiger partial charge in [-0.25, -0.2) is 4.79 Å². The number of fused-ring (bicyclic) bond motifs is 1. The molecule has 1 aliphatic rings. The molecule has 0 saturated heterocycles. The van der Waals surface area contributed by atoms with Crippen molar-refractivity contribution >= 4 is 34.0 Å². The van der Waals surface area contributed by atoms with Gasteiger partial charge in [0.25, 0.3) is 5.91 Å². The first kappa shape index (κ1) is 18.9. The van der Waals surface area contributed by atoms with E-state index >= 15 is 0 Å². The molecule has 1 atom stereocenters. The summed E-state index contributed by atoms with van der Waals surface area (Å²) < 4.78 is 16.3. The molecule has 1 aromatic heterocycles. The SMILES string of the molecule is CCOC(=O)c1c(NC(=O)[C@H]2COc3ccccc3O2)sc(C(C)=O)c1C. The maximum absolute atomic E-state index is 12.7. The molecule has 8 heteroatoms. The number of esters is 1. The molecule has 0 spiro atoms. The van der Waals surface area contributed by atoms with Gasteiger partial charge in [-0.15, -0.1) is 11.3 Å². The zero-order chi connectivity index (χ0) is 19.6. The van der Waals surface area contributed by atoms with Gasteiger partial charge in [-0.2, -0.15) is 0 Å². The number of hydrogen-bond acceptors (Lipinski definition) is 7. The van der Waals surface area contributed by atoms with Crippen LogP contribution in [0.3, 0.4) is 0 Å². The number of ether oxygens (including phenoxy) is 3. The van der Waals surface area contributed by atoms with E-state index in [0.29, 0.717) is 21.9 Å². The minimum absolute atomic E-state index is 0.0432. The van der Waals surface area contributed by atoms with Crippen molar-refractivity contribution in [2.75, 3.05) is 18.5 Å². The summed E-state index contributed by atoms with van der Waals surface area (Å²) in [7, 11) is 0. The molecule has 1 aromatic carbocycles.